The first-order valence-electron chi connectivity index (χ1n) is 7.52. The lowest BCUT2D eigenvalue weighted by atomic mass is 9.79. The molecule has 4 N–H and O–H groups in total. The normalized spacial score (nSPS) is 34.2. The summed E-state index contributed by atoms with van der Waals surface area (Å²) >= 11 is 0. The van der Waals surface area contributed by atoms with Crippen LogP contribution in [0.15, 0.2) is 0 Å². The molecule has 0 spiro atoms. The SMILES string of the molecule is CC1(C)CC(NC(=O)C2CCC(N)C2)CC(C)(C)N1. The molecule has 1 amide bonds. The van der Waals surface area contributed by atoms with Gasteiger partial charge in [-0.25, -0.2) is 0 Å². The summed E-state index contributed by atoms with van der Waals surface area (Å²) in [6, 6.07) is 0.493. The average molecular weight is 267 g/mol. The summed E-state index contributed by atoms with van der Waals surface area (Å²) in [6.07, 6.45) is 4.76. The zero-order chi connectivity index (χ0) is 14.3. The lowest BCUT2D eigenvalue weighted by Gasteiger charge is -2.46. The Kier molecular flexibility index (Phi) is 3.94. The third-order valence-electron chi connectivity index (χ3n) is 4.38. The van der Waals surface area contributed by atoms with Crippen molar-refractivity contribution < 1.29 is 4.79 Å². The zero-order valence-electron chi connectivity index (χ0n) is 12.8. The fourth-order valence-electron chi connectivity index (χ4n) is 4.00. The number of rotatable bonds is 2. The van der Waals surface area contributed by atoms with Gasteiger partial charge in [-0.05, 0) is 59.8 Å². The molecular formula is C15H29N3O. The second-order valence-electron chi connectivity index (χ2n) is 7.78. The molecule has 110 valence electrons. The van der Waals surface area contributed by atoms with Gasteiger partial charge in [0.15, 0.2) is 0 Å². The molecule has 0 bridgehead atoms. The van der Waals surface area contributed by atoms with Crippen LogP contribution in [0, 0.1) is 5.92 Å². The van der Waals surface area contributed by atoms with E-state index in [0.717, 1.165) is 32.1 Å². The van der Waals surface area contributed by atoms with Crippen LogP contribution in [-0.2, 0) is 4.79 Å². The summed E-state index contributed by atoms with van der Waals surface area (Å²) in [5, 5.41) is 6.90. The van der Waals surface area contributed by atoms with Crippen LogP contribution in [0.4, 0.5) is 0 Å². The molecule has 0 aromatic heterocycles. The first kappa shape index (κ1) is 14.8. The molecule has 1 saturated heterocycles. The van der Waals surface area contributed by atoms with Crippen molar-refractivity contribution >= 4 is 5.91 Å². The van der Waals surface area contributed by atoms with E-state index in [1.165, 1.54) is 0 Å². The predicted octanol–water partition coefficient (Wildman–Crippen LogP) is 1.54. The standard InChI is InChI=1S/C15H29N3O/c1-14(2)8-12(9-15(3,4)18-14)17-13(19)10-5-6-11(16)7-10/h10-12,18H,5-9,16H2,1-4H3,(H,17,19). The van der Waals surface area contributed by atoms with Gasteiger partial charge in [0.2, 0.25) is 5.91 Å². The summed E-state index contributed by atoms with van der Waals surface area (Å²) in [5.74, 6) is 0.350. The van der Waals surface area contributed by atoms with Crippen LogP contribution < -0.4 is 16.4 Å². The van der Waals surface area contributed by atoms with E-state index in [9.17, 15) is 4.79 Å². The van der Waals surface area contributed by atoms with Crippen molar-refractivity contribution in [2.24, 2.45) is 11.7 Å². The molecule has 2 fully saturated rings. The molecule has 2 aliphatic rings. The maximum atomic E-state index is 12.3. The van der Waals surface area contributed by atoms with Crippen molar-refractivity contribution in [1.29, 1.82) is 0 Å². The molecular weight excluding hydrogens is 238 g/mol. The number of carbonyl (C=O) groups is 1. The van der Waals surface area contributed by atoms with Gasteiger partial charge in [-0.3, -0.25) is 4.79 Å². The Hall–Kier alpha value is -0.610. The van der Waals surface area contributed by atoms with Crippen LogP contribution >= 0.6 is 0 Å². The Morgan fingerprint density at radius 1 is 1.16 bits per heavy atom. The van der Waals surface area contributed by atoms with E-state index >= 15 is 0 Å². The molecule has 2 unspecified atom stereocenters. The van der Waals surface area contributed by atoms with Gasteiger partial charge in [0.25, 0.3) is 0 Å². The van der Waals surface area contributed by atoms with E-state index in [0.29, 0.717) is 0 Å². The Morgan fingerprint density at radius 2 is 1.74 bits per heavy atom. The number of amides is 1. The van der Waals surface area contributed by atoms with Crippen molar-refractivity contribution in [2.45, 2.75) is 83.0 Å². The highest BCUT2D eigenvalue weighted by Crippen LogP contribution is 2.30. The number of nitrogens with one attached hydrogen (secondary N) is 2. The van der Waals surface area contributed by atoms with E-state index in [1.54, 1.807) is 0 Å². The third-order valence-corrected chi connectivity index (χ3v) is 4.38. The third kappa shape index (κ3) is 3.93. The number of nitrogens with two attached hydrogens (primary N) is 1. The first-order chi connectivity index (χ1) is 8.67. The molecule has 1 saturated carbocycles. The second kappa shape index (κ2) is 5.06. The minimum atomic E-state index is 0.0752. The molecule has 0 aromatic carbocycles. The zero-order valence-corrected chi connectivity index (χ0v) is 12.8. The number of piperidine rings is 1. The van der Waals surface area contributed by atoms with Gasteiger partial charge >= 0.3 is 0 Å². The van der Waals surface area contributed by atoms with Gasteiger partial charge in [0.05, 0.1) is 0 Å². The van der Waals surface area contributed by atoms with E-state index in [4.69, 9.17) is 5.73 Å². The molecule has 4 heteroatoms. The monoisotopic (exact) mass is 267 g/mol. The molecule has 1 aliphatic heterocycles. The molecule has 0 radical (unpaired) electrons. The van der Waals surface area contributed by atoms with E-state index < -0.39 is 0 Å². The molecule has 2 atom stereocenters. The fraction of sp³-hybridized carbons (Fsp3) is 0.933. The lowest BCUT2D eigenvalue weighted by molar-refractivity contribution is -0.126. The Morgan fingerprint density at radius 3 is 2.21 bits per heavy atom. The molecule has 1 heterocycles. The van der Waals surface area contributed by atoms with Gasteiger partial charge in [0, 0.05) is 29.1 Å². The van der Waals surface area contributed by atoms with Crippen molar-refractivity contribution in [3.05, 3.63) is 0 Å². The van der Waals surface area contributed by atoms with E-state index in [2.05, 4.69) is 38.3 Å². The number of hydrogen-bond donors (Lipinski definition) is 3. The van der Waals surface area contributed by atoms with Gasteiger partial charge in [-0.1, -0.05) is 0 Å². The minimum Gasteiger partial charge on any atom is -0.353 e. The van der Waals surface area contributed by atoms with Crippen molar-refractivity contribution in [1.82, 2.24) is 10.6 Å². The molecule has 19 heavy (non-hydrogen) atoms. The quantitative estimate of drug-likeness (QED) is 0.711. The van der Waals surface area contributed by atoms with Crippen LogP contribution in [-0.4, -0.2) is 29.1 Å². The number of hydrogen-bond acceptors (Lipinski definition) is 3. The summed E-state index contributed by atoms with van der Waals surface area (Å²) in [4.78, 5) is 12.3. The Labute approximate surface area is 116 Å². The average Bonchev–Trinajstić information content (AvgIpc) is 2.59. The second-order valence-corrected chi connectivity index (χ2v) is 7.78. The topological polar surface area (TPSA) is 67.2 Å². The Bertz CT molecular complexity index is 335. The van der Waals surface area contributed by atoms with E-state index in [-0.39, 0.29) is 35.0 Å². The molecule has 4 nitrogen and oxygen atoms in total. The predicted molar refractivity (Wildman–Crippen MR) is 77.8 cm³/mol. The van der Waals surface area contributed by atoms with E-state index in [1.807, 2.05) is 0 Å². The molecule has 1 aliphatic carbocycles. The van der Waals surface area contributed by atoms with Crippen molar-refractivity contribution in [2.75, 3.05) is 0 Å². The first-order valence-corrected chi connectivity index (χ1v) is 7.52. The highest BCUT2D eigenvalue weighted by atomic mass is 16.1. The van der Waals surface area contributed by atoms with Crippen LogP contribution in [0.25, 0.3) is 0 Å². The summed E-state index contributed by atoms with van der Waals surface area (Å²) < 4.78 is 0. The minimum absolute atomic E-state index is 0.0752. The maximum absolute atomic E-state index is 12.3. The number of carbonyl (C=O) groups excluding carboxylic acids is 1. The molecule has 0 aromatic rings. The fourth-order valence-corrected chi connectivity index (χ4v) is 4.00. The maximum Gasteiger partial charge on any atom is 0.223 e. The summed E-state index contributed by atoms with van der Waals surface area (Å²) in [7, 11) is 0. The van der Waals surface area contributed by atoms with Gasteiger partial charge in [-0.2, -0.15) is 0 Å². The van der Waals surface area contributed by atoms with Gasteiger partial charge < -0.3 is 16.4 Å². The van der Waals surface area contributed by atoms with Gasteiger partial charge in [0.1, 0.15) is 0 Å². The summed E-state index contributed by atoms with van der Waals surface area (Å²) in [5.41, 5.74) is 6.04. The molecule has 2 rings (SSSR count). The summed E-state index contributed by atoms with van der Waals surface area (Å²) in [6.45, 7) is 8.83. The van der Waals surface area contributed by atoms with Crippen LogP contribution in [0.1, 0.15) is 59.8 Å². The lowest BCUT2D eigenvalue weighted by Crippen LogP contribution is -2.62. The smallest absolute Gasteiger partial charge is 0.223 e. The highest BCUT2D eigenvalue weighted by Gasteiger charge is 2.39. The highest BCUT2D eigenvalue weighted by molar-refractivity contribution is 5.79. The van der Waals surface area contributed by atoms with Crippen LogP contribution in [0.5, 0.6) is 0 Å². The van der Waals surface area contributed by atoms with Crippen molar-refractivity contribution in [3.8, 4) is 0 Å². The van der Waals surface area contributed by atoms with Crippen molar-refractivity contribution in [3.63, 3.8) is 0 Å². The Balaban J connectivity index is 1.93. The largest absolute Gasteiger partial charge is 0.353 e. The van der Waals surface area contributed by atoms with Crippen LogP contribution in [0.3, 0.4) is 0 Å². The van der Waals surface area contributed by atoms with Gasteiger partial charge in [-0.15, -0.1) is 0 Å². The van der Waals surface area contributed by atoms with Crippen LogP contribution in [0.2, 0.25) is 0 Å².